The number of hydrogen-bond acceptors (Lipinski definition) is 3. The highest BCUT2D eigenvalue weighted by Gasteiger charge is 2.52. The van der Waals surface area contributed by atoms with E-state index in [9.17, 15) is 0 Å². The molecule has 1 aromatic carbocycles. The first-order valence-corrected chi connectivity index (χ1v) is 9.22. The van der Waals surface area contributed by atoms with Crippen molar-refractivity contribution < 1.29 is 9.31 Å². The molecule has 0 unspecified atom stereocenters. The molecule has 2 heterocycles. The molecule has 4 rings (SSSR count). The third-order valence-electron chi connectivity index (χ3n) is 5.10. The van der Waals surface area contributed by atoms with Crippen LogP contribution < -0.4 is 5.46 Å². The topological polar surface area (TPSA) is 34.2 Å². The van der Waals surface area contributed by atoms with Gasteiger partial charge in [0, 0.05) is 17.2 Å². The van der Waals surface area contributed by atoms with E-state index in [-0.39, 0.29) is 18.3 Å². The maximum atomic E-state index is 6.07. The highest BCUT2D eigenvalue weighted by atomic mass is 32.1. The first kappa shape index (κ1) is 18.4. The Hall–Kier alpha value is -1.43. The monoisotopic (exact) mass is 355 g/mol. The molecular formula is C20H26BNO2S. The molecule has 1 N–H and O–H groups in total. The van der Waals surface area contributed by atoms with Crippen LogP contribution in [0.25, 0.3) is 10.9 Å². The van der Waals surface area contributed by atoms with Gasteiger partial charge in [0.1, 0.15) is 0 Å². The second kappa shape index (κ2) is 7.06. The van der Waals surface area contributed by atoms with Crippen LogP contribution in [0.4, 0.5) is 0 Å². The summed E-state index contributed by atoms with van der Waals surface area (Å²) in [6, 6.07) is 8.20. The molecular weight excluding hydrogens is 329 g/mol. The molecule has 1 aliphatic heterocycles. The molecule has 0 atom stereocenters. The Morgan fingerprint density at radius 2 is 1.72 bits per heavy atom. The van der Waals surface area contributed by atoms with Crippen LogP contribution in [0.15, 0.2) is 53.6 Å². The van der Waals surface area contributed by atoms with Crippen LogP contribution in [0, 0.1) is 0 Å². The number of nitrogens with one attached hydrogen (secondary N) is 1. The summed E-state index contributed by atoms with van der Waals surface area (Å²) in [4.78, 5) is 4.36. The largest absolute Gasteiger partial charge is 0.497 e. The fraction of sp³-hybridized carbons (Fsp3) is 0.400. The highest BCUT2D eigenvalue weighted by Crippen LogP contribution is 2.36. The Balaban J connectivity index is 0.000000219. The van der Waals surface area contributed by atoms with Gasteiger partial charge < -0.3 is 14.3 Å². The molecule has 0 bridgehead atoms. The Morgan fingerprint density at radius 1 is 1.04 bits per heavy atom. The number of hydrogen-bond donors (Lipinski definition) is 2. The zero-order valence-electron chi connectivity index (χ0n) is 15.4. The van der Waals surface area contributed by atoms with Crippen molar-refractivity contribution in [2.75, 3.05) is 0 Å². The molecule has 132 valence electrons. The van der Waals surface area contributed by atoms with E-state index in [1.54, 1.807) is 0 Å². The quantitative estimate of drug-likeness (QED) is 0.578. The second-order valence-electron chi connectivity index (χ2n) is 7.49. The molecule has 5 heteroatoms. The van der Waals surface area contributed by atoms with Crippen LogP contribution >= 0.6 is 12.6 Å². The average molecular weight is 355 g/mol. The molecule has 1 aromatic heterocycles. The van der Waals surface area contributed by atoms with Gasteiger partial charge in [0.15, 0.2) is 0 Å². The lowest BCUT2D eigenvalue weighted by molar-refractivity contribution is 0.00578. The smallest absolute Gasteiger partial charge is 0.399 e. The Morgan fingerprint density at radius 3 is 2.28 bits per heavy atom. The van der Waals surface area contributed by atoms with Crippen LogP contribution in [0.1, 0.15) is 40.5 Å². The molecule has 1 fully saturated rings. The number of para-hydroxylation sites is 1. The van der Waals surface area contributed by atoms with E-state index in [0.29, 0.717) is 0 Å². The fourth-order valence-corrected chi connectivity index (χ4v) is 3.09. The van der Waals surface area contributed by atoms with Crippen molar-refractivity contribution in [3.8, 4) is 0 Å². The van der Waals surface area contributed by atoms with Gasteiger partial charge in [-0.25, -0.2) is 0 Å². The van der Waals surface area contributed by atoms with E-state index in [1.165, 1.54) is 6.42 Å². The maximum Gasteiger partial charge on any atom is 0.497 e. The van der Waals surface area contributed by atoms with Gasteiger partial charge in [0.2, 0.25) is 0 Å². The molecule has 1 aliphatic carbocycles. The minimum Gasteiger partial charge on any atom is -0.399 e. The van der Waals surface area contributed by atoms with Gasteiger partial charge >= 0.3 is 7.12 Å². The number of aromatic amines is 1. The zero-order valence-corrected chi connectivity index (χ0v) is 16.3. The van der Waals surface area contributed by atoms with Gasteiger partial charge in [-0.2, -0.15) is 0 Å². The molecule has 2 aromatic rings. The molecule has 0 amide bonds. The van der Waals surface area contributed by atoms with Gasteiger partial charge in [-0.3, -0.25) is 0 Å². The van der Waals surface area contributed by atoms with Crippen LogP contribution in [0.2, 0.25) is 0 Å². The van der Waals surface area contributed by atoms with Crippen LogP contribution in [0.3, 0.4) is 0 Å². The van der Waals surface area contributed by atoms with E-state index >= 15 is 0 Å². The summed E-state index contributed by atoms with van der Waals surface area (Å²) in [6.07, 6.45) is 10.6. The molecule has 0 saturated carbocycles. The summed E-state index contributed by atoms with van der Waals surface area (Å²) < 4.78 is 12.1. The maximum absolute atomic E-state index is 6.07. The highest BCUT2D eigenvalue weighted by molar-refractivity contribution is 7.84. The molecule has 25 heavy (non-hydrogen) atoms. The van der Waals surface area contributed by atoms with Crippen molar-refractivity contribution >= 4 is 36.1 Å². The van der Waals surface area contributed by atoms with Crippen molar-refractivity contribution in [1.29, 1.82) is 0 Å². The minimum absolute atomic E-state index is 0.296. The third kappa shape index (κ3) is 3.89. The molecule has 3 nitrogen and oxygen atoms in total. The Kier molecular flexibility index (Phi) is 5.19. The number of aromatic nitrogens is 1. The van der Waals surface area contributed by atoms with Crippen molar-refractivity contribution in [1.82, 2.24) is 4.98 Å². The van der Waals surface area contributed by atoms with E-state index < -0.39 is 0 Å². The summed E-state index contributed by atoms with van der Waals surface area (Å²) in [5.41, 5.74) is 1.60. The van der Waals surface area contributed by atoms with E-state index in [2.05, 4.69) is 69.6 Å². The normalized spacial score (nSPS) is 21.0. The predicted octanol–water partition coefficient (Wildman–Crippen LogP) is 4.62. The molecule has 0 spiro atoms. The summed E-state index contributed by atoms with van der Waals surface area (Å²) in [6.45, 7) is 8.29. The number of fused-ring (bicyclic) bond motifs is 1. The van der Waals surface area contributed by atoms with Crippen molar-refractivity contribution in [2.45, 2.75) is 51.7 Å². The number of benzene rings is 1. The SMILES string of the molecule is CC1(C)OB(c2c[nH]c3ccccc23)OC1(C)C.SC1=CCCC=C1. The van der Waals surface area contributed by atoms with Crippen molar-refractivity contribution in [2.24, 2.45) is 0 Å². The van der Waals surface area contributed by atoms with Crippen LogP contribution in [-0.2, 0) is 9.31 Å². The third-order valence-corrected chi connectivity index (χ3v) is 5.44. The molecule has 2 aliphatic rings. The number of thiol groups is 1. The summed E-state index contributed by atoms with van der Waals surface area (Å²) >= 11 is 4.14. The van der Waals surface area contributed by atoms with Gasteiger partial charge in [0.05, 0.1) is 11.2 Å². The molecule has 0 radical (unpaired) electrons. The average Bonchev–Trinajstić information content (AvgIpc) is 3.07. The summed E-state index contributed by atoms with van der Waals surface area (Å²) in [7, 11) is -0.300. The van der Waals surface area contributed by atoms with Crippen LogP contribution in [-0.4, -0.2) is 23.3 Å². The van der Waals surface area contributed by atoms with Gasteiger partial charge in [0.25, 0.3) is 0 Å². The fourth-order valence-electron chi connectivity index (χ4n) is 2.86. The van der Waals surface area contributed by atoms with E-state index in [4.69, 9.17) is 9.31 Å². The zero-order chi connectivity index (χ0) is 18.1. The second-order valence-corrected chi connectivity index (χ2v) is 8.00. The number of allylic oxidation sites excluding steroid dienone is 3. The Bertz CT molecular complexity index is 791. The van der Waals surface area contributed by atoms with Crippen molar-refractivity contribution in [3.05, 3.63) is 53.6 Å². The van der Waals surface area contributed by atoms with E-state index in [0.717, 1.165) is 27.7 Å². The van der Waals surface area contributed by atoms with Crippen LogP contribution in [0.5, 0.6) is 0 Å². The predicted molar refractivity (Wildman–Crippen MR) is 109 cm³/mol. The van der Waals surface area contributed by atoms with Crippen molar-refractivity contribution in [3.63, 3.8) is 0 Å². The lowest BCUT2D eigenvalue weighted by atomic mass is 9.79. The number of rotatable bonds is 1. The first-order valence-electron chi connectivity index (χ1n) is 8.77. The standard InChI is InChI=1S/C14H18BNO2.C6H8S/c1-13(2)14(3,4)18-15(17-13)11-9-16-12-8-6-5-7-10(11)12;7-6-4-2-1-3-5-6/h5-9,16H,1-4H3;2,4-5,7H,1,3H2. The number of H-pyrrole nitrogens is 1. The van der Waals surface area contributed by atoms with Gasteiger partial charge in [-0.15, -0.1) is 12.6 Å². The van der Waals surface area contributed by atoms with Gasteiger partial charge in [-0.1, -0.05) is 36.4 Å². The lowest BCUT2D eigenvalue weighted by Gasteiger charge is -2.32. The Labute approximate surface area is 156 Å². The van der Waals surface area contributed by atoms with E-state index in [1.807, 2.05) is 24.4 Å². The summed E-state index contributed by atoms with van der Waals surface area (Å²) in [5.74, 6) is 0. The summed E-state index contributed by atoms with van der Waals surface area (Å²) in [5, 5.41) is 1.16. The first-order chi connectivity index (χ1) is 11.8. The van der Waals surface area contributed by atoms with Gasteiger partial charge in [-0.05, 0) is 56.9 Å². The molecule has 1 saturated heterocycles. The lowest BCUT2D eigenvalue weighted by Crippen LogP contribution is -2.41. The minimum atomic E-state index is -0.300.